The van der Waals surface area contributed by atoms with E-state index in [2.05, 4.69) is 5.32 Å². The Balaban J connectivity index is 2.14. The van der Waals surface area contributed by atoms with Crippen LogP contribution in [0.2, 0.25) is 0 Å². The fraction of sp³-hybridized carbons (Fsp3) is 0.750. The highest BCUT2D eigenvalue weighted by molar-refractivity contribution is 6.08. The van der Waals surface area contributed by atoms with Gasteiger partial charge in [-0.05, 0) is 19.3 Å². The summed E-state index contributed by atoms with van der Waals surface area (Å²) in [5, 5.41) is 2.73. The minimum atomic E-state index is -0.466. The highest BCUT2D eigenvalue weighted by Gasteiger charge is 2.59. The molecule has 12 heavy (non-hydrogen) atoms. The second-order valence-corrected chi connectivity index (χ2v) is 3.47. The number of carbonyl (C=O) groups excluding carboxylic acids is 2. The summed E-state index contributed by atoms with van der Waals surface area (Å²) >= 11 is 0. The number of nitrogens with one attached hydrogen (secondary N) is 1. The third-order valence-electron chi connectivity index (χ3n) is 2.44. The molecule has 1 spiro atoms. The van der Waals surface area contributed by atoms with E-state index < -0.39 is 5.54 Å². The summed E-state index contributed by atoms with van der Waals surface area (Å²) in [5.74, 6) is -0.0191. The fourth-order valence-electron chi connectivity index (χ4n) is 1.57. The van der Waals surface area contributed by atoms with Gasteiger partial charge in [-0.15, -0.1) is 0 Å². The lowest BCUT2D eigenvalue weighted by atomic mass is 10.3. The molecule has 3 amide bonds. The van der Waals surface area contributed by atoms with Crippen molar-refractivity contribution in [1.82, 2.24) is 10.2 Å². The van der Waals surface area contributed by atoms with Gasteiger partial charge >= 0.3 is 6.03 Å². The monoisotopic (exact) mass is 168 g/mol. The second kappa shape index (κ2) is 2.21. The Morgan fingerprint density at radius 1 is 1.50 bits per heavy atom. The largest absolute Gasteiger partial charge is 0.325 e. The molecule has 4 nitrogen and oxygen atoms in total. The molecule has 2 rings (SSSR count). The molecule has 0 atom stereocenters. The molecule has 1 saturated carbocycles. The molecule has 0 radical (unpaired) electrons. The van der Waals surface area contributed by atoms with Crippen molar-refractivity contribution in [3.8, 4) is 0 Å². The average Bonchev–Trinajstić information content (AvgIpc) is 2.75. The normalized spacial score (nSPS) is 24.9. The zero-order valence-corrected chi connectivity index (χ0v) is 7.09. The summed E-state index contributed by atoms with van der Waals surface area (Å²) in [6, 6.07) is -0.209. The van der Waals surface area contributed by atoms with Gasteiger partial charge in [0.25, 0.3) is 5.91 Å². The van der Waals surface area contributed by atoms with Crippen LogP contribution in [-0.2, 0) is 4.79 Å². The van der Waals surface area contributed by atoms with Crippen LogP contribution in [0.1, 0.15) is 26.2 Å². The zero-order chi connectivity index (χ0) is 8.77. The third kappa shape index (κ3) is 0.838. The van der Waals surface area contributed by atoms with Crippen LogP contribution >= 0.6 is 0 Å². The van der Waals surface area contributed by atoms with Gasteiger partial charge in [0, 0.05) is 6.54 Å². The van der Waals surface area contributed by atoms with Crippen LogP contribution in [0.3, 0.4) is 0 Å². The Labute approximate surface area is 70.9 Å². The van der Waals surface area contributed by atoms with E-state index >= 15 is 0 Å². The minimum absolute atomic E-state index is 0.0191. The van der Waals surface area contributed by atoms with E-state index in [1.165, 1.54) is 4.90 Å². The van der Waals surface area contributed by atoms with Crippen LogP contribution in [0.25, 0.3) is 0 Å². The highest BCUT2D eigenvalue weighted by atomic mass is 16.2. The van der Waals surface area contributed by atoms with Crippen LogP contribution in [0.15, 0.2) is 0 Å². The van der Waals surface area contributed by atoms with Gasteiger partial charge in [-0.2, -0.15) is 0 Å². The lowest BCUT2D eigenvalue weighted by Crippen LogP contribution is -2.32. The molecule has 0 unspecified atom stereocenters. The fourth-order valence-corrected chi connectivity index (χ4v) is 1.57. The van der Waals surface area contributed by atoms with E-state index in [4.69, 9.17) is 0 Å². The molecule has 0 bridgehead atoms. The Bertz CT molecular complexity index is 245. The van der Waals surface area contributed by atoms with Gasteiger partial charge in [0.05, 0.1) is 0 Å². The second-order valence-electron chi connectivity index (χ2n) is 3.47. The molecule has 0 aromatic heterocycles. The first kappa shape index (κ1) is 7.58. The Kier molecular flexibility index (Phi) is 1.40. The summed E-state index contributed by atoms with van der Waals surface area (Å²) in [5.41, 5.74) is -0.466. The van der Waals surface area contributed by atoms with Gasteiger partial charge in [0.2, 0.25) is 0 Å². The molecular weight excluding hydrogens is 156 g/mol. The van der Waals surface area contributed by atoms with Crippen molar-refractivity contribution in [3.05, 3.63) is 0 Å². The van der Waals surface area contributed by atoms with Crippen molar-refractivity contribution in [2.75, 3.05) is 6.54 Å². The van der Waals surface area contributed by atoms with Crippen LogP contribution < -0.4 is 5.32 Å². The zero-order valence-electron chi connectivity index (χ0n) is 7.09. The molecule has 2 aliphatic rings. The molecule has 1 N–H and O–H groups in total. The molecule has 0 aromatic carbocycles. The minimum Gasteiger partial charge on any atom is -0.323 e. The Morgan fingerprint density at radius 2 is 2.17 bits per heavy atom. The lowest BCUT2D eigenvalue weighted by Gasteiger charge is -2.09. The number of urea groups is 1. The van der Waals surface area contributed by atoms with Crippen molar-refractivity contribution in [2.45, 2.75) is 31.7 Å². The first-order valence-electron chi connectivity index (χ1n) is 4.34. The molecule has 2 fully saturated rings. The number of imide groups is 1. The maximum atomic E-state index is 11.5. The van der Waals surface area contributed by atoms with Crippen molar-refractivity contribution < 1.29 is 9.59 Å². The highest BCUT2D eigenvalue weighted by Crippen LogP contribution is 2.40. The molecule has 66 valence electrons. The average molecular weight is 168 g/mol. The first-order chi connectivity index (χ1) is 5.69. The van der Waals surface area contributed by atoms with Gasteiger partial charge in [0.1, 0.15) is 5.54 Å². The van der Waals surface area contributed by atoms with Gasteiger partial charge in [-0.1, -0.05) is 6.92 Å². The first-order valence-corrected chi connectivity index (χ1v) is 4.34. The van der Waals surface area contributed by atoms with Gasteiger partial charge in [0.15, 0.2) is 0 Å². The SMILES string of the molecule is CCCN1C(=O)NC2(CC2)C1=O. The maximum Gasteiger partial charge on any atom is 0.325 e. The molecule has 1 saturated heterocycles. The van der Waals surface area contributed by atoms with Crippen LogP contribution in [0.4, 0.5) is 4.79 Å². The molecule has 1 heterocycles. The number of carbonyl (C=O) groups is 2. The topological polar surface area (TPSA) is 49.4 Å². The van der Waals surface area contributed by atoms with Crippen molar-refractivity contribution in [3.63, 3.8) is 0 Å². The predicted octanol–water partition coefficient (Wildman–Crippen LogP) is 0.481. The van der Waals surface area contributed by atoms with E-state index in [1.807, 2.05) is 6.92 Å². The van der Waals surface area contributed by atoms with E-state index in [1.54, 1.807) is 0 Å². The van der Waals surface area contributed by atoms with Crippen LogP contribution in [-0.4, -0.2) is 28.9 Å². The van der Waals surface area contributed by atoms with Gasteiger partial charge < -0.3 is 5.32 Å². The van der Waals surface area contributed by atoms with Crippen molar-refractivity contribution in [1.29, 1.82) is 0 Å². The summed E-state index contributed by atoms with van der Waals surface area (Å²) < 4.78 is 0. The maximum absolute atomic E-state index is 11.5. The summed E-state index contributed by atoms with van der Waals surface area (Å²) in [4.78, 5) is 24.1. The van der Waals surface area contributed by atoms with E-state index in [0.29, 0.717) is 6.54 Å². The van der Waals surface area contributed by atoms with E-state index in [-0.39, 0.29) is 11.9 Å². The number of nitrogens with zero attached hydrogens (tertiary/aromatic N) is 1. The summed E-state index contributed by atoms with van der Waals surface area (Å²) in [7, 11) is 0. The summed E-state index contributed by atoms with van der Waals surface area (Å²) in [6.07, 6.45) is 2.46. The Morgan fingerprint density at radius 3 is 2.58 bits per heavy atom. The van der Waals surface area contributed by atoms with Crippen molar-refractivity contribution in [2.24, 2.45) is 0 Å². The van der Waals surface area contributed by atoms with Crippen LogP contribution in [0.5, 0.6) is 0 Å². The molecule has 0 aromatic rings. The quantitative estimate of drug-likeness (QED) is 0.610. The number of hydrogen-bond donors (Lipinski definition) is 1. The molecule has 1 aliphatic carbocycles. The van der Waals surface area contributed by atoms with E-state index in [0.717, 1.165) is 19.3 Å². The molecule has 4 heteroatoms. The van der Waals surface area contributed by atoms with Gasteiger partial charge in [-0.3, -0.25) is 9.69 Å². The van der Waals surface area contributed by atoms with E-state index in [9.17, 15) is 9.59 Å². The lowest BCUT2D eigenvalue weighted by molar-refractivity contribution is -0.128. The number of hydrogen-bond acceptors (Lipinski definition) is 2. The number of amides is 3. The predicted molar refractivity (Wildman–Crippen MR) is 42.5 cm³/mol. The Hall–Kier alpha value is -1.06. The standard InChI is InChI=1S/C8H12N2O2/c1-2-5-10-6(11)8(3-4-8)9-7(10)12/h2-5H2,1H3,(H,9,12). The smallest absolute Gasteiger partial charge is 0.323 e. The molecular formula is C8H12N2O2. The summed E-state index contributed by atoms with van der Waals surface area (Å²) in [6.45, 7) is 2.50. The molecule has 1 aliphatic heterocycles. The van der Waals surface area contributed by atoms with Crippen molar-refractivity contribution >= 4 is 11.9 Å². The third-order valence-corrected chi connectivity index (χ3v) is 2.44. The van der Waals surface area contributed by atoms with Crippen LogP contribution in [0, 0.1) is 0 Å². The van der Waals surface area contributed by atoms with Gasteiger partial charge in [-0.25, -0.2) is 4.79 Å². The number of rotatable bonds is 2.